The van der Waals surface area contributed by atoms with Crippen LogP contribution in [0.25, 0.3) is 10.8 Å². The first-order valence-corrected chi connectivity index (χ1v) is 10.6. The smallest absolute Gasteiger partial charge is 0.191 e. The summed E-state index contributed by atoms with van der Waals surface area (Å²) in [6.07, 6.45) is 7.16. The summed E-state index contributed by atoms with van der Waals surface area (Å²) in [6.45, 7) is 7.82. The van der Waals surface area contributed by atoms with Crippen molar-refractivity contribution in [2.24, 2.45) is 4.99 Å². The highest BCUT2D eigenvalue weighted by Gasteiger charge is 2.23. The van der Waals surface area contributed by atoms with E-state index in [4.69, 9.17) is 10.1 Å². The molecule has 6 nitrogen and oxygen atoms in total. The number of nitrogens with one attached hydrogen (secondary N) is 2. The molecule has 0 saturated heterocycles. The Morgan fingerprint density at radius 3 is 2.90 bits per heavy atom. The third kappa shape index (κ3) is 5.11. The van der Waals surface area contributed by atoms with Crippen LogP contribution in [0, 0.1) is 0 Å². The third-order valence-electron chi connectivity index (χ3n) is 5.45. The van der Waals surface area contributed by atoms with Crippen molar-refractivity contribution >= 4 is 40.7 Å². The van der Waals surface area contributed by atoms with Crippen LogP contribution < -0.4 is 10.6 Å². The lowest BCUT2D eigenvalue weighted by atomic mass is 9.94. The molecular weight excluding hydrogens is 487 g/mol. The number of pyridine rings is 1. The van der Waals surface area contributed by atoms with E-state index in [2.05, 4.69) is 71.5 Å². The van der Waals surface area contributed by atoms with Gasteiger partial charge in [0, 0.05) is 42.8 Å². The van der Waals surface area contributed by atoms with Gasteiger partial charge in [-0.1, -0.05) is 24.3 Å². The first kappa shape index (κ1) is 22.5. The predicted molar refractivity (Wildman–Crippen MR) is 134 cm³/mol. The van der Waals surface area contributed by atoms with Crippen LogP contribution in [0.5, 0.6) is 0 Å². The number of rotatable bonds is 5. The summed E-state index contributed by atoms with van der Waals surface area (Å²) in [4.78, 5) is 9.38. The summed E-state index contributed by atoms with van der Waals surface area (Å²) in [5.41, 5.74) is 3.61. The van der Waals surface area contributed by atoms with Crippen molar-refractivity contribution in [1.29, 1.82) is 0 Å². The van der Waals surface area contributed by atoms with Crippen molar-refractivity contribution in [2.75, 3.05) is 6.54 Å². The minimum Gasteiger partial charge on any atom is -0.357 e. The Bertz CT molecular complexity index is 1000. The van der Waals surface area contributed by atoms with E-state index < -0.39 is 0 Å². The van der Waals surface area contributed by atoms with Crippen molar-refractivity contribution in [1.82, 2.24) is 25.4 Å². The zero-order chi connectivity index (χ0) is 20.2. The first-order valence-electron chi connectivity index (χ1n) is 10.6. The highest BCUT2D eigenvalue weighted by molar-refractivity contribution is 14.0. The third-order valence-corrected chi connectivity index (χ3v) is 5.45. The van der Waals surface area contributed by atoms with Gasteiger partial charge in [-0.2, -0.15) is 5.10 Å². The molecule has 0 amide bonds. The average Bonchev–Trinajstić information content (AvgIpc) is 3.16. The monoisotopic (exact) mass is 518 g/mol. The van der Waals surface area contributed by atoms with E-state index in [1.54, 1.807) is 0 Å². The van der Waals surface area contributed by atoms with Gasteiger partial charge < -0.3 is 10.6 Å². The maximum Gasteiger partial charge on any atom is 0.191 e. The number of guanidine groups is 1. The van der Waals surface area contributed by atoms with E-state index >= 15 is 0 Å². The van der Waals surface area contributed by atoms with Crippen LogP contribution >= 0.6 is 24.0 Å². The maximum atomic E-state index is 4.82. The van der Waals surface area contributed by atoms with Gasteiger partial charge in [-0.15, -0.1) is 24.0 Å². The molecule has 1 atom stereocenters. The van der Waals surface area contributed by atoms with Crippen LogP contribution in [0.2, 0.25) is 0 Å². The van der Waals surface area contributed by atoms with Gasteiger partial charge in [-0.05, 0) is 50.6 Å². The molecule has 0 saturated carbocycles. The number of nitrogens with zero attached hydrogens (tertiary/aromatic N) is 4. The zero-order valence-electron chi connectivity index (χ0n) is 17.9. The maximum absolute atomic E-state index is 4.82. The fourth-order valence-electron chi connectivity index (χ4n) is 3.88. The molecule has 0 radical (unpaired) electrons. The molecule has 0 spiro atoms. The Morgan fingerprint density at radius 1 is 1.27 bits per heavy atom. The molecule has 4 rings (SSSR count). The summed E-state index contributed by atoms with van der Waals surface area (Å²) in [5, 5.41) is 14.1. The molecule has 0 aliphatic heterocycles. The number of benzene rings is 1. The van der Waals surface area contributed by atoms with Crippen LogP contribution in [0.15, 0.2) is 47.7 Å². The molecule has 1 aliphatic rings. The minimum absolute atomic E-state index is 0. The molecule has 2 heterocycles. The van der Waals surface area contributed by atoms with E-state index in [1.807, 2.05) is 12.3 Å². The number of aliphatic imine (C=N–C) groups is 1. The Labute approximate surface area is 195 Å². The molecule has 2 aromatic heterocycles. The molecule has 0 bridgehead atoms. The Morgan fingerprint density at radius 2 is 2.10 bits per heavy atom. The topological polar surface area (TPSA) is 67.1 Å². The highest BCUT2D eigenvalue weighted by atomic mass is 127. The van der Waals surface area contributed by atoms with Crippen LogP contribution in [-0.4, -0.2) is 33.3 Å². The molecule has 0 fully saturated rings. The Kier molecular flexibility index (Phi) is 7.69. The molecule has 7 heteroatoms. The number of hydrogen-bond donors (Lipinski definition) is 2. The van der Waals surface area contributed by atoms with Crippen molar-refractivity contribution in [2.45, 2.75) is 58.7 Å². The van der Waals surface area contributed by atoms with Gasteiger partial charge in [0.2, 0.25) is 0 Å². The Balaban J connectivity index is 0.00000256. The lowest BCUT2D eigenvalue weighted by molar-refractivity contribution is 0.499. The molecule has 3 aromatic rings. The quantitative estimate of drug-likeness (QED) is 0.301. The average molecular weight is 518 g/mol. The molecule has 1 aliphatic carbocycles. The van der Waals surface area contributed by atoms with Gasteiger partial charge in [0.25, 0.3) is 0 Å². The molecule has 1 aromatic carbocycles. The van der Waals surface area contributed by atoms with Crippen molar-refractivity contribution < 1.29 is 0 Å². The predicted octanol–water partition coefficient (Wildman–Crippen LogP) is 4.24. The van der Waals surface area contributed by atoms with Crippen molar-refractivity contribution in [3.63, 3.8) is 0 Å². The van der Waals surface area contributed by atoms with E-state index in [9.17, 15) is 0 Å². The second-order valence-corrected chi connectivity index (χ2v) is 7.93. The fourth-order valence-corrected chi connectivity index (χ4v) is 3.88. The van der Waals surface area contributed by atoms with Gasteiger partial charge in [0.15, 0.2) is 5.96 Å². The van der Waals surface area contributed by atoms with Gasteiger partial charge in [0.05, 0.1) is 17.9 Å². The summed E-state index contributed by atoms with van der Waals surface area (Å²) in [6, 6.07) is 11.1. The number of halogens is 1. The molecule has 160 valence electrons. The number of aryl methyl sites for hydroxylation is 1. The standard InChI is InChI=1S/C23H30N6.HI/c1-4-24-23(26-14-22-20-8-6-5-7-17(20)11-12-25-22)27-19-10-9-18-15-29(16(2)3)28-21(18)13-19;/h5-8,11-12,15-16,19H,4,9-10,13-14H2,1-3H3,(H2,24,26,27);1H. The largest absolute Gasteiger partial charge is 0.357 e. The molecular formula is C23H31IN6. The summed E-state index contributed by atoms with van der Waals surface area (Å²) < 4.78 is 2.08. The number of fused-ring (bicyclic) bond motifs is 2. The van der Waals surface area contributed by atoms with Gasteiger partial charge >= 0.3 is 0 Å². The first-order chi connectivity index (χ1) is 14.1. The van der Waals surface area contributed by atoms with Crippen molar-refractivity contribution in [3.8, 4) is 0 Å². The van der Waals surface area contributed by atoms with E-state index in [0.29, 0.717) is 18.6 Å². The van der Waals surface area contributed by atoms with E-state index in [-0.39, 0.29) is 24.0 Å². The summed E-state index contributed by atoms with van der Waals surface area (Å²) in [7, 11) is 0. The van der Waals surface area contributed by atoms with Gasteiger partial charge in [-0.3, -0.25) is 9.67 Å². The summed E-state index contributed by atoms with van der Waals surface area (Å²) >= 11 is 0. The number of hydrogen-bond acceptors (Lipinski definition) is 3. The van der Waals surface area contributed by atoms with Crippen LogP contribution in [0.4, 0.5) is 0 Å². The van der Waals surface area contributed by atoms with Gasteiger partial charge in [-0.25, -0.2) is 4.99 Å². The number of aromatic nitrogens is 3. The highest BCUT2D eigenvalue weighted by Crippen LogP contribution is 2.22. The molecule has 2 N–H and O–H groups in total. The fraction of sp³-hybridized carbons (Fsp3) is 0.435. The minimum atomic E-state index is 0. The van der Waals surface area contributed by atoms with E-state index in [0.717, 1.165) is 42.8 Å². The van der Waals surface area contributed by atoms with Crippen LogP contribution in [0.1, 0.15) is 50.2 Å². The van der Waals surface area contributed by atoms with Crippen molar-refractivity contribution in [3.05, 3.63) is 59.7 Å². The van der Waals surface area contributed by atoms with Crippen LogP contribution in [0.3, 0.4) is 0 Å². The SMILES string of the molecule is CCNC(=NCc1nccc2ccccc12)NC1CCc2cn(C(C)C)nc2C1.I. The lowest BCUT2D eigenvalue weighted by Crippen LogP contribution is -2.45. The van der Waals surface area contributed by atoms with E-state index in [1.165, 1.54) is 16.6 Å². The normalized spacial score (nSPS) is 16.3. The van der Waals surface area contributed by atoms with Gasteiger partial charge in [0.1, 0.15) is 0 Å². The summed E-state index contributed by atoms with van der Waals surface area (Å²) in [5.74, 6) is 0.846. The Hall–Kier alpha value is -2.16. The zero-order valence-corrected chi connectivity index (χ0v) is 20.3. The second kappa shape index (κ2) is 10.2. The molecule has 30 heavy (non-hydrogen) atoms. The molecule has 1 unspecified atom stereocenters. The van der Waals surface area contributed by atoms with Crippen LogP contribution in [-0.2, 0) is 19.4 Å². The lowest BCUT2D eigenvalue weighted by Gasteiger charge is -2.24. The second-order valence-electron chi connectivity index (χ2n) is 7.93.